The molecule has 3 N–H and O–H groups in total. The molecule has 128 valence electrons. The van der Waals surface area contributed by atoms with E-state index in [1.807, 2.05) is 42.5 Å². The molecule has 8 heteroatoms. The van der Waals surface area contributed by atoms with Crippen LogP contribution in [0.4, 0.5) is 10.9 Å². The Kier molecular flexibility index (Phi) is 5.91. The van der Waals surface area contributed by atoms with E-state index >= 15 is 0 Å². The first-order chi connectivity index (χ1) is 12.1. The average Bonchev–Trinajstić information content (AvgIpc) is 3.01. The Morgan fingerprint density at radius 3 is 2.80 bits per heavy atom. The fourth-order valence-electron chi connectivity index (χ4n) is 1.99. The van der Waals surface area contributed by atoms with E-state index in [4.69, 9.17) is 22.1 Å². The third kappa shape index (κ3) is 5.19. The molecule has 1 aromatic heterocycles. The summed E-state index contributed by atoms with van der Waals surface area (Å²) in [6.07, 6.45) is 1.68. The fourth-order valence-corrected chi connectivity index (χ4v) is 3.04. The number of benzene rings is 2. The molecule has 3 rings (SSSR count). The van der Waals surface area contributed by atoms with Crippen LogP contribution >= 0.6 is 38.9 Å². The highest BCUT2D eigenvalue weighted by molar-refractivity contribution is 9.10. The van der Waals surface area contributed by atoms with Gasteiger partial charge >= 0.3 is 0 Å². The smallest absolute Gasteiger partial charge is 0.205 e. The molecule has 3 aromatic rings. The molecular formula is C17H14BrClN4OS. The summed E-state index contributed by atoms with van der Waals surface area (Å²) in [6, 6.07) is 13.3. The van der Waals surface area contributed by atoms with Crippen LogP contribution in [-0.2, 0) is 6.61 Å². The summed E-state index contributed by atoms with van der Waals surface area (Å²) >= 11 is 10.7. The van der Waals surface area contributed by atoms with E-state index in [9.17, 15) is 0 Å². The molecule has 0 spiro atoms. The number of anilines is 2. The van der Waals surface area contributed by atoms with Gasteiger partial charge in [0.25, 0.3) is 0 Å². The highest BCUT2D eigenvalue weighted by atomic mass is 79.9. The summed E-state index contributed by atoms with van der Waals surface area (Å²) < 4.78 is 6.85. The van der Waals surface area contributed by atoms with Gasteiger partial charge in [-0.1, -0.05) is 39.7 Å². The van der Waals surface area contributed by atoms with E-state index in [-0.39, 0.29) is 0 Å². The minimum absolute atomic E-state index is 0.441. The van der Waals surface area contributed by atoms with Gasteiger partial charge in [-0.25, -0.2) is 4.98 Å². The Morgan fingerprint density at radius 2 is 2.08 bits per heavy atom. The fraction of sp³-hybridized carbons (Fsp3) is 0.0588. The maximum atomic E-state index is 5.91. The minimum Gasteiger partial charge on any atom is -0.488 e. The van der Waals surface area contributed by atoms with Gasteiger partial charge in [0.1, 0.15) is 18.2 Å². The third-order valence-electron chi connectivity index (χ3n) is 3.17. The number of aromatic nitrogens is 1. The Bertz CT molecular complexity index is 883. The van der Waals surface area contributed by atoms with Crippen molar-refractivity contribution < 1.29 is 4.74 Å². The molecule has 0 saturated carbocycles. The first kappa shape index (κ1) is 17.7. The van der Waals surface area contributed by atoms with Crippen molar-refractivity contribution in [3.05, 3.63) is 68.5 Å². The summed E-state index contributed by atoms with van der Waals surface area (Å²) in [6.45, 7) is 0.441. The second kappa shape index (κ2) is 8.33. The van der Waals surface area contributed by atoms with Gasteiger partial charge in [-0.15, -0.1) is 11.3 Å². The lowest BCUT2D eigenvalue weighted by molar-refractivity contribution is 0.306. The largest absolute Gasteiger partial charge is 0.488 e. The van der Waals surface area contributed by atoms with Gasteiger partial charge < -0.3 is 10.5 Å². The van der Waals surface area contributed by atoms with Crippen LogP contribution in [0.25, 0.3) is 0 Å². The number of nitrogens with two attached hydrogens (primary N) is 1. The maximum absolute atomic E-state index is 5.91. The van der Waals surface area contributed by atoms with Crippen LogP contribution in [0.2, 0.25) is 5.02 Å². The van der Waals surface area contributed by atoms with Gasteiger partial charge in [0, 0.05) is 20.4 Å². The van der Waals surface area contributed by atoms with Gasteiger partial charge in [-0.2, -0.15) is 5.10 Å². The molecule has 0 aliphatic heterocycles. The molecule has 0 amide bonds. The Labute approximate surface area is 162 Å². The molecular weight excluding hydrogens is 424 g/mol. The molecule has 1 heterocycles. The average molecular weight is 438 g/mol. The number of nitrogens with zero attached hydrogens (tertiary/aromatic N) is 2. The van der Waals surface area contributed by atoms with Crippen LogP contribution in [0.5, 0.6) is 5.75 Å². The van der Waals surface area contributed by atoms with Gasteiger partial charge in [-0.3, -0.25) is 5.43 Å². The molecule has 0 bridgehead atoms. The van der Waals surface area contributed by atoms with Crippen LogP contribution in [0.1, 0.15) is 11.1 Å². The number of nitrogen functional groups attached to an aromatic ring is 1. The predicted molar refractivity (Wildman–Crippen MR) is 108 cm³/mol. The molecule has 0 aliphatic rings. The van der Waals surface area contributed by atoms with Crippen LogP contribution in [0, 0.1) is 0 Å². The van der Waals surface area contributed by atoms with E-state index in [1.165, 1.54) is 11.3 Å². The monoisotopic (exact) mass is 436 g/mol. The topological polar surface area (TPSA) is 72.5 Å². The molecule has 0 atom stereocenters. The number of nitrogens with one attached hydrogen (secondary N) is 1. The van der Waals surface area contributed by atoms with Crippen molar-refractivity contribution >= 4 is 56.0 Å². The lowest BCUT2D eigenvalue weighted by Gasteiger charge is -2.10. The van der Waals surface area contributed by atoms with Crippen molar-refractivity contribution in [2.45, 2.75) is 6.61 Å². The van der Waals surface area contributed by atoms with Gasteiger partial charge in [0.15, 0.2) is 0 Å². The van der Waals surface area contributed by atoms with E-state index in [1.54, 1.807) is 11.6 Å². The summed E-state index contributed by atoms with van der Waals surface area (Å²) in [7, 11) is 0. The van der Waals surface area contributed by atoms with Crippen molar-refractivity contribution in [1.82, 2.24) is 4.98 Å². The number of rotatable bonds is 6. The summed E-state index contributed by atoms with van der Waals surface area (Å²) in [5.74, 6) is 1.19. The summed E-state index contributed by atoms with van der Waals surface area (Å²) in [5.41, 5.74) is 10.3. The summed E-state index contributed by atoms with van der Waals surface area (Å²) in [5, 5.41) is 7.27. The second-order valence-electron chi connectivity index (χ2n) is 5.04. The molecule has 25 heavy (non-hydrogen) atoms. The number of hydrogen-bond acceptors (Lipinski definition) is 6. The van der Waals surface area contributed by atoms with Crippen molar-refractivity contribution in [3.63, 3.8) is 0 Å². The minimum atomic E-state index is 0.441. The standard InChI is InChI=1S/C17H14BrClN4OS/c18-13-3-6-15(24-9-11-1-4-14(19)5-2-11)12(7-13)8-21-23-17-22-16(20)10-25-17/h1-8,10H,9,20H2,(H,22,23). The predicted octanol–water partition coefficient (Wildman–Crippen LogP) is 5.17. The van der Waals surface area contributed by atoms with E-state index in [0.29, 0.717) is 22.6 Å². The van der Waals surface area contributed by atoms with Crippen molar-refractivity contribution in [1.29, 1.82) is 0 Å². The maximum Gasteiger partial charge on any atom is 0.205 e. The SMILES string of the molecule is Nc1csc(NN=Cc2cc(Br)ccc2OCc2ccc(Cl)cc2)n1. The lowest BCUT2D eigenvalue weighted by Crippen LogP contribution is -1.99. The number of hydrogen-bond donors (Lipinski definition) is 2. The van der Waals surface area contributed by atoms with Crippen LogP contribution in [0.15, 0.2) is 57.4 Å². The van der Waals surface area contributed by atoms with Gasteiger partial charge in [0.2, 0.25) is 5.13 Å². The van der Waals surface area contributed by atoms with Crippen LogP contribution in [-0.4, -0.2) is 11.2 Å². The van der Waals surface area contributed by atoms with Crippen LogP contribution in [0.3, 0.4) is 0 Å². The summed E-state index contributed by atoms with van der Waals surface area (Å²) in [4.78, 5) is 4.09. The first-order valence-electron chi connectivity index (χ1n) is 7.27. The van der Waals surface area contributed by atoms with E-state index in [2.05, 4.69) is 31.4 Å². The Hall–Kier alpha value is -2.09. The van der Waals surface area contributed by atoms with E-state index in [0.717, 1.165) is 21.3 Å². The molecule has 2 aromatic carbocycles. The lowest BCUT2D eigenvalue weighted by atomic mass is 10.2. The molecule has 0 radical (unpaired) electrons. The number of hydrazone groups is 1. The quantitative estimate of drug-likeness (QED) is 0.412. The molecule has 0 saturated heterocycles. The molecule has 0 unspecified atom stereocenters. The van der Waals surface area contributed by atoms with Crippen LogP contribution < -0.4 is 15.9 Å². The van der Waals surface area contributed by atoms with E-state index < -0.39 is 0 Å². The zero-order valence-corrected chi connectivity index (χ0v) is 16.1. The third-order valence-corrected chi connectivity index (χ3v) is 4.68. The van der Waals surface area contributed by atoms with Crippen molar-refractivity contribution in [2.75, 3.05) is 11.2 Å². The number of ether oxygens (including phenoxy) is 1. The normalized spacial score (nSPS) is 11.0. The zero-order chi connectivity index (χ0) is 17.6. The zero-order valence-electron chi connectivity index (χ0n) is 12.9. The molecule has 0 fully saturated rings. The Balaban J connectivity index is 1.70. The highest BCUT2D eigenvalue weighted by Crippen LogP contribution is 2.23. The van der Waals surface area contributed by atoms with Gasteiger partial charge in [0.05, 0.1) is 6.21 Å². The second-order valence-corrected chi connectivity index (χ2v) is 7.26. The van der Waals surface area contributed by atoms with Gasteiger partial charge in [-0.05, 0) is 35.9 Å². The number of halogens is 2. The first-order valence-corrected chi connectivity index (χ1v) is 9.32. The number of thiazole rings is 1. The Morgan fingerprint density at radius 1 is 1.28 bits per heavy atom. The molecule has 5 nitrogen and oxygen atoms in total. The van der Waals surface area contributed by atoms with Crippen molar-refractivity contribution in [3.8, 4) is 5.75 Å². The highest BCUT2D eigenvalue weighted by Gasteiger charge is 2.04. The molecule has 0 aliphatic carbocycles. The van der Waals surface area contributed by atoms with Crippen molar-refractivity contribution in [2.24, 2.45) is 5.10 Å².